The fraction of sp³-hybridized carbons (Fsp3) is 0.167. The van der Waals surface area contributed by atoms with Crippen molar-refractivity contribution in [2.45, 2.75) is 12.5 Å². The Morgan fingerprint density at radius 1 is 1.18 bits per heavy atom. The van der Waals surface area contributed by atoms with Gasteiger partial charge in [-0.25, -0.2) is 9.97 Å². The average Bonchev–Trinajstić information content (AvgIpc) is 2.34. The number of halogens is 2. The molecule has 1 aromatic heterocycles. The number of nitrogens with zero attached hydrogens (tertiary/aromatic N) is 2. The topological polar surface area (TPSA) is 46.0 Å². The Labute approximate surface area is 109 Å². The highest BCUT2D eigenvalue weighted by Crippen LogP contribution is 2.24. The van der Waals surface area contributed by atoms with Gasteiger partial charge in [0.05, 0.1) is 0 Å². The molecule has 0 saturated heterocycles. The summed E-state index contributed by atoms with van der Waals surface area (Å²) in [5, 5.41) is 11.1. The van der Waals surface area contributed by atoms with Gasteiger partial charge < -0.3 is 5.11 Å². The summed E-state index contributed by atoms with van der Waals surface area (Å²) in [6.07, 6.45) is 2.78. The highest BCUT2D eigenvalue weighted by atomic mass is 35.5. The van der Waals surface area contributed by atoms with Gasteiger partial charge in [0.25, 0.3) is 0 Å². The smallest absolute Gasteiger partial charge is 0.157 e. The maximum atomic E-state index is 9.95. The van der Waals surface area contributed by atoms with Gasteiger partial charge in [-0.2, -0.15) is 0 Å². The molecule has 0 amide bonds. The lowest BCUT2D eigenvalue weighted by atomic mass is 10.1. The van der Waals surface area contributed by atoms with E-state index in [-0.39, 0.29) is 0 Å². The highest BCUT2D eigenvalue weighted by molar-refractivity contribution is 6.35. The molecule has 0 aliphatic heterocycles. The predicted octanol–water partition coefficient (Wildman–Crippen LogP) is 3.06. The van der Waals surface area contributed by atoms with Crippen LogP contribution in [-0.2, 0) is 6.42 Å². The average molecular weight is 269 g/mol. The molecule has 0 bridgehead atoms. The first kappa shape index (κ1) is 12.3. The summed E-state index contributed by atoms with van der Waals surface area (Å²) >= 11 is 11.8. The minimum atomic E-state index is -0.769. The molecule has 0 fully saturated rings. The summed E-state index contributed by atoms with van der Waals surface area (Å²) in [4.78, 5) is 7.98. The molecular formula is C12H10Cl2N2O. The van der Waals surface area contributed by atoms with Crippen molar-refractivity contribution >= 4 is 23.2 Å². The van der Waals surface area contributed by atoms with Gasteiger partial charge >= 0.3 is 0 Å². The molecule has 2 rings (SSSR count). The number of hydrogen-bond acceptors (Lipinski definition) is 3. The van der Waals surface area contributed by atoms with Crippen molar-refractivity contribution in [3.63, 3.8) is 0 Å². The third kappa shape index (κ3) is 3.16. The number of aliphatic hydroxyl groups is 1. The van der Waals surface area contributed by atoms with Gasteiger partial charge in [0.1, 0.15) is 6.10 Å². The third-order valence-electron chi connectivity index (χ3n) is 2.31. The van der Waals surface area contributed by atoms with Crippen molar-refractivity contribution in [2.75, 3.05) is 0 Å². The number of aromatic nitrogens is 2. The molecule has 3 nitrogen and oxygen atoms in total. The summed E-state index contributed by atoms with van der Waals surface area (Å²) in [5.74, 6) is 0.388. The van der Waals surface area contributed by atoms with E-state index >= 15 is 0 Å². The van der Waals surface area contributed by atoms with E-state index in [9.17, 15) is 5.11 Å². The van der Waals surface area contributed by atoms with E-state index in [4.69, 9.17) is 23.2 Å². The second-order valence-electron chi connectivity index (χ2n) is 3.56. The van der Waals surface area contributed by atoms with Crippen LogP contribution >= 0.6 is 23.2 Å². The lowest BCUT2D eigenvalue weighted by Gasteiger charge is -2.10. The molecule has 2 aromatic rings. The molecule has 0 aliphatic rings. The molecule has 0 radical (unpaired) electrons. The number of aliphatic hydroxyl groups excluding tert-OH is 1. The van der Waals surface area contributed by atoms with E-state index in [1.54, 1.807) is 36.7 Å². The summed E-state index contributed by atoms with van der Waals surface area (Å²) < 4.78 is 0. The van der Waals surface area contributed by atoms with Gasteiger partial charge in [-0.05, 0) is 23.8 Å². The monoisotopic (exact) mass is 268 g/mol. The van der Waals surface area contributed by atoms with Gasteiger partial charge in [0, 0.05) is 28.9 Å². The Kier molecular flexibility index (Phi) is 3.94. The Bertz CT molecular complexity index is 505. The second-order valence-corrected chi connectivity index (χ2v) is 4.41. The molecule has 88 valence electrons. The summed E-state index contributed by atoms with van der Waals surface area (Å²) in [6, 6.07) is 6.88. The SMILES string of the molecule is OC(Cc1ccc(Cl)cc1Cl)c1ncccn1. The van der Waals surface area contributed by atoms with Crippen LogP contribution in [0.4, 0.5) is 0 Å². The summed E-state index contributed by atoms with van der Waals surface area (Å²) in [6.45, 7) is 0. The normalized spacial score (nSPS) is 12.4. The molecule has 17 heavy (non-hydrogen) atoms. The standard InChI is InChI=1S/C12H10Cl2N2O/c13-9-3-2-8(10(14)7-9)6-11(17)12-15-4-1-5-16-12/h1-5,7,11,17H,6H2. The van der Waals surface area contributed by atoms with Crippen LogP contribution in [0.15, 0.2) is 36.7 Å². The van der Waals surface area contributed by atoms with E-state index < -0.39 is 6.10 Å². The Hall–Kier alpha value is -1.16. The zero-order chi connectivity index (χ0) is 12.3. The molecule has 5 heteroatoms. The minimum absolute atomic E-state index is 0.361. The molecule has 0 aliphatic carbocycles. The Morgan fingerprint density at radius 3 is 2.53 bits per heavy atom. The van der Waals surface area contributed by atoms with Crippen molar-refractivity contribution in [3.05, 3.63) is 58.1 Å². The highest BCUT2D eigenvalue weighted by Gasteiger charge is 2.13. The van der Waals surface area contributed by atoms with E-state index in [1.807, 2.05) is 0 Å². The first-order valence-electron chi connectivity index (χ1n) is 5.05. The van der Waals surface area contributed by atoms with Crippen LogP contribution in [-0.4, -0.2) is 15.1 Å². The van der Waals surface area contributed by atoms with Crippen LogP contribution < -0.4 is 0 Å². The fourth-order valence-corrected chi connectivity index (χ4v) is 1.96. The number of rotatable bonds is 3. The molecule has 0 spiro atoms. The van der Waals surface area contributed by atoms with Crippen LogP contribution in [0.2, 0.25) is 10.0 Å². The van der Waals surface area contributed by atoms with Gasteiger partial charge in [0.2, 0.25) is 0 Å². The number of benzene rings is 1. The van der Waals surface area contributed by atoms with Crippen LogP contribution in [0.5, 0.6) is 0 Å². The van der Waals surface area contributed by atoms with Gasteiger partial charge in [-0.15, -0.1) is 0 Å². The summed E-state index contributed by atoms with van der Waals surface area (Å²) in [7, 11) is 0. The lowest BCUT2D eigenvalue weighted by Crippen LogP contribution is -2.06. The molecule has 1 heterocycles. The third-order valence-corrected chi connectivity index (χ3v) is 2.90. The van der Waals surface area contributed by atoms with E-state index in [1.165, 1.54) is 0 Å². The van der Waals surface area contributed by atoms with Crippen LogP contribution in [0.3, 0.4) is 0 Å². The van der Waals surface area contributed by atoms with Crippen molar-refractivity contribution in [3.8, 4) is 0 Å². The van der Waals surface area contributed by atoms with Gasteiger partial charge in [0.15, 0.2) is 5.82 Å². The lowest BCUT2D eigenvalue weighted by molar-refractivity contribution is 0.168. The van der Waals surface area contributed by atoms with Crippen LogP contribution in [0.25, 0.3) is 0 Å². The largest absolute Gasteiger partial charge is 0.385 e. The summed E-state index contributed by atoms with van der Waals surface area (Å²) in [5.41, 5.74) is 0.816. The fourth-order valence-electron chi connectivity index (χ4n) is 1.47. The molecule has 1 aromatic carbocycles. The van der Waals surface area contributed by atoms with Crippen molar-refractivity contribution in [2.24, 2.45) is 0 Å². The first-order valence-corrected chi connectivity index (χ1v) is 5.81. The molecular weight excluding hydrogens is 259 g/mol. The van der Waals surface area contributed by atoms with E-state index in [2.05, 4.69) is 9.97 Å². The maximum absolute atomic E-state index is 9.95. The van der Waals surface area contributed by atoms with Crippen molar-refractivity contribution in [1.29, 1.82) is 0 Å². The van der Waals surface area contributed by atoms with Crippen LogP contribution in [0.1, 0.15) is 17.5 Å². The van der Waals surface area contributed by atoms with Gasteiger partial charge in [-0.3, -0.25) is 0 Å². The zero-order valence-corrected chi connectivity index (χ0v) is 10.4. The molecule has 1 unspecified atom stereocenters. The van der Waals surface area contributed by atoms with Crippen LogP contribution in [0, 0.1) is 0 Å². The van der Waals surface area contributed by atoms with E-state index in [0.29, 0.717) is 22.3 Å². The molecule has 1 atom stereocenters. The zero-order valence-electron chi connectivity index (χ0n) is 8.85. The quantitative estimate of drug-likeness (QED) is 0.931. The van der Waals surface area contributed by atoms with Crippen molar-refractivity contribution < 1.29 is 5.11 Å². The molecule has 1 N–H and O–H groups in total. The maximum Gasteiger partial charge on any atom is 0.157 e. The van der Waals surface area contributed by atoms with E-state index in [0.717, 1.165) is 5.56 Å². The van der Waals surface area contributed by atoms with Gasteiger partial charge in [-0.1, -0.05) is 29.3 Å². The second kappa shape index (κ2) is 5.45. The molecule has 0 saturated carbocycles. The number of hydrogen-bond donors (Lipinski definition) is 1. The predicted molar refractivity (Wildman–Crippen MR) is 67.2 cm³/mol. The Morgan fingerprint density at radius 2 is 1.88 bits per heavy atom. The minimum Gasteiger partial charge on any atom is -0.385 e. The Balaban J connectivity index is 2.16. The van der Waals surface area contributed by atoms with Crippen molar-refractivity contribution in [1.82, 2.24) is 9.97 Å². The first-order chi connectivity index (χ1) is 8.16.